The predicted octanol–water partition coefficient (Wildman–Crippen LogP) is 1.07. The van der Waals surface area contributed by atoms with Crippen molar-refractivity contribution in [3.63, 3.8) is 0 Å². The van der Waals surface area contributed by atoms with Crippen molar-refractivity contribution in [1.29, 1.82) is 0 Å². The summed E-state index contributed by atoms with van der Waals surface area (Å²) in [5.41, 5.74) is 5.92. The van der Waals surface area contributed by atoms with Gasteiger partial charge in [-0.1, -0.05) is 13.3 Å². The van der Waals surface area contributed by atoms with Crippen molar-refractivity contribution in [1.82, 2.24) is 10.0 Å². The van der Waals surface area contributed by atoms with E-state index in [0.29, 0.717) is 12.2 Å². The van der Waals surface area contributed by atoms with Gasteiger partial charge in [0.25, 0.3) is 10.0 Å². The normalized spacial score (nSPS) is 10.9. The second-order valence-electron chi connectivity index (χ2n) is 4.12. The molecule has 0 aromatic heterocycles. The minimum Gasteiger partial charge on any atom is -0.495 e. The number of benzene rings is 1. The van der Waals surface area contributed by atoms with Gasteiger partial charge in [-0.3, -0.25) is 0 Å². The summed E-state index contributed by atoms with van der Waals surface area (Å²) in [5, 5.41) is 2.46. The summed E-state index contributed by atoms with van der Waals surface area (Å²) in [6.45, 7) is 2.39. The first-order valence-corrected chi connectivity index (χ1v) is 7.63. The number of hydrogen-bond donors (Lipinski definition) is 3. The molecule has 8 heteroatoms. The molecule has 0 aliphatic rings. The summed E-state index contributed by atoms with van der Waals surface area (Å²) in [5.74, 6) is 0.235. The summed E-state index contributed by atoms with van der Waals surface area (Å²) in [4.78, 5) is 11.4. The molecule has 0 unspecified atom stereocenters. The summed E-state index contributed by atoms with van der Waals surface area (Å²) >= 11 is 0. The van der Waals surface area contributed by atoms with Crippen molar-refractivity contribution in [3.8, 4) is 5.75 Å². The SMILES string of the molecule is CCCCNC(=O)NS(=O)(=O)c1ccc(N)c(OC)c1. The van der Waals surface area contributed by atoms with E-state index in [1.165, 1.54) is 25.3 Å². The average molecular weight is 301 g/mol. The largest absolute Gasteiger partial charge is 0.495 e. The van der Waals surface area contributed by atoms with Gasteiger partial charge in [-0.05, 0) is 18.6 Å². The Balaban J connectivity index is 2.81. The standard InChI is InChI=1S/C12H19N3O4S/c1-3-4-7-14-12(16)15-20(17,18)9-5-6-10(13)11(8-9)19-2/h5-6,8H,3-4,7,13H2,1-2H3,(H2,14,15,16). The van der Waals surface area contributed by atoms with Crippen LogP contribution in [0, 0.1) is 0 Å². The lowest BCUT2D eigenvalue weighted by Gasteiger charge is -2.10. The number of amides is 2. The molecule has 0 atom stereocenters. The maximum absolute atomic E-state index is 12.0. The molecule has 0 heterocycles. The number of methoxy groups -OCH3 is 1. The first-order chi connectivity index (χ1) is 9.40. The Labute approximate surface area is 118 Å². The van der Waals surface area contributed by atoms with Gasteiger partial charge in [0.05, 0.1) is 17.7 Å². The van der Waals surface area contributed by atoms with Gasteiger partial charge in [0.1, 0.15) is 5.75 Å². The Kier molecular flexibility index (Phi) is 5.63. The molecule has 4 N–H and O–H groups in total. The highest BCUT2D eigenvalue weighted by Crippen LogP contribution is 2.24. The summed E-state index contributed by atoms with van der Waals surface area (Å²) < 4.78 is 30.8. The lowest BCUT2D eigenvalue weighted by molar-refractivity contribution is 0.245. The predicted molar refractivity (Wildman–Crippen MR) is 76.0 cm³/mol. The van der Waals surface area contributed by atoms with Crippen LogP contribution < -0.4 is 20.5 Å². The molecule has 20 heavy (non-hydrogen) atoms. The van der Waals surface area contributed by atoms with Crippen molar-refractivity contribution in [2.24, 2.45) is 0 Å². The van der Waals surface area contributed by atoms with E-state index in [-0.39, 0.29) is 10.6 Å². The minimum atomic E-state index is -3.94. The Morgan fingerprint density at radius 2 is 2.10 bits per heavy atom. The van der Waals surface area contributed by atoms with Gasteiger partial charge in [0.15, 0.2) is 0 Å². The van der Waals surface area contributed by atoms with Crippen LogP contribution in [0.2, 0.25) is 0 Å². The number of anilines is 1. The zero-order valence-corrected chi connectivity index (χ0v) is 12.3. The molecule has 1 aromatic rings. The van der Waals surface area contributed by atoms with E-state index in [1.54, 1.807) is 0 Å². The van der Waals surface area contributed by atoms with Gasteiger partial charge in [0.2, 0.25) is 0 Å². The van der Waals surface area contributed by atoms with Crippen LogP contribution in [0.4, 0.5) is 10.5 Å². The highest BCUT2D eigenvalue weighted by molar-refractivity contribution is 7.90. The number of unbranched alkanes of at least 4 members (excludes halogenated alkanes) is 1. The maximum atomic E-state index is 12.0. The average Bonchev–Trinajstić information content (AvgIpc) is 2.38. The topological polar surface area (TPSA) is 111 Å². The van der Waals surface area contributed by atoms with E-state index in [2.05, 4.69) is 5.32 Å². The van der Waals surface area contributed by atoms with Crippen molar-refractivity contribution < 1.29 is 17.9 Å². The lowest BCUT2D eigenvalue weighted by Crippen LogP contribution is -2.39. The number of nitrogens with two attached hydrogens (primary N) is 1. The number of urea groups is 1. The maximum Gasteiger partial charge on any atom is 0.328 e. The van der Waals surface area contributed by atoms with Gasteiger partial charge >= 0.3 is 6.03 Å². The molecule has 1 aromatic carbocycles. The van der Waals surface area contributed by atoms with Crippen LogP contribution in [0.25, 0.3) is 0 Å². The van der Waals surface area contributed by atoms with Crippen LogP contribution >= 0.6 is 0 Å². The fourth-order valence-corrected chi connectivity index (χ4v) is 2.40. The zero-order chi connectivity index (χ0) is 15.2. The molecule has 0 radical (unpaired) electrons. The number of nitrogens with one attached hydrogen (secondary N) is 2. The molecule has 0 saturated heterocycles. The van der Waals surface area contributed by atoms with E-state index in [9.17, 15) is 13.2 Å². The number of hydrogen-bond acceptors (Lipinski definition) is 5. The Hall–Kier alpha value is -1.96. The van der Waals surface area contributed by atoms with E-state index in [4.69, 9.17) is 10.5 Å². The molecule has 112 valence electrons. The highest BCUT2D eigenvalue weighted by Gasteiger charge is 2.18. The highest BCUT2D eigenvalue weighted by atomic mass is 32.2. The molecule has 7 nitrogen and oxygen atoms in total. The van der Waals surface area contributed by atoms with E-state index in [0.717, 1.165) is 12.8 Å². The molecular weight excluding hydrogens is 282 g/mol. The van der Waals surface area contributed by atoms with Crippen LogP contribution in [-0.2, 0) is 10.0 Å². The Morgan fingerprint density at radius 3 is 2.70 bits per heavy atom. The zero-order valence-electron chi connectivity index (χ0n) is 11.5. The molecule has 0 bridgehead atoms. The van der Waals surface area contributed by atoms with E-state index >= 15 is 0 Å². The van der Waals surface area contributed by atoms with Crippen LogP contribution in [0.5, 0.6) is 5.75 Å². The van der Waals surface area contributed by atoms with Gasteiger partial charge in [0, 0.05) is 12.6 Å². The first kappa shape index (κ1) is 16.1. The molecule has 1 rings (SSSR count). The monoisotopic (exact) mass is 301 g/mol. The van der Waals surface area contributed by atoms with Gasteiger partial charge in [-0.25, -0.2) is 17.9 Å². The third-order valence-corrected chi connectivity index (χ3v) is 3.89. The van der Waals surface area contributed by atoms with E-state index < -0.39 is 16.1 Å². The van der Waals surface area contributed by atoms with Crippen molar-refractivity contribution >= 4 is 21.7 Å². The van der Waals surface area contributed by atoms with Crippen molar-refractivity contribution in [3.05, 3.63) is 18.2 Å². The van der Waals surface area contributed by atoms with Crippen molar-refractivity contribution in [2.45, 2.75) is 24.7 Å². The first-order valence-electron chi connectivity index (χ1n) is 6.15. The summed E-state index contributed by atoms with van der Waals surface area (Å²) in [7, 11) is -2.56. The number of sulfonamides is 1. The summed E-state index contributed by atoms with van der Waals surface area (Å²) in [6, 6.07) is 3.22. The molecule has 0 aliphatic heterocycles. The second-order valence-corrected chi connectivity index (χ2v) is 5.80. The molecule has 0 spiro atoms. The molecule has 2 amide bonds. The smallest absolute Gasteiger partial charge is 0.328 e. The van der Waals surface area contributed by atoms with Crippen LogP contribution in [0.15, 0.2) is 23.1 Å². The summed E-state index contributed by atoms with van der Waals surface area (Å²) in [6.07, 6.45) is 1.69. The lowest BCUT2D eigenvalue weighted by atomic mass is 10.3. The third-order valence-electron chi connectivity index (χ3n) is 2.56. The number of carbonyl (C=O) groups excluding carboxylic acids is 1. The number of ether oxygens (including phenoxy) is 1. The number of nitrogen functional groups attached to an aromatic ring is 1. The van der Waals surface area contributed by atoms with Gasteiger partial charge in [-0.15, -0.1) is 0 Å². The van der Waals surface area contributed by atoms with Gasteiger partial charge in [-0.2, -0.15) is 0 Å². The van der Waals surface area contributed by atoms with Crippen LogP contribution in [0.1, 0.15) is 19.8 Å². The molecule has 0 saturated carbocycles. The van der Waals surface area contributed by atoms with E-state index in [1.807, 2.05) is 11.6 Å². The second kappa shape index (κ2) is 6.99. The van der Waals surface area contributed by atoms with Crippen LogP contribution in [0.3, 0.4) is 0 Å². The number of rotatable bonds is 6. The minimum absolute atomic E-state index is 0.0887. The third kappa shape index (κ3) is 4.30. The van der Waals surface area contributed by atoms with Gasteiger partial charge < -0.3 is 15.8 Å². The fourth-order valence-electron chi connectivity index (χ4n) is 1.45. The Morgan fingerprint density at radius 1 is 1.40 bits per heavy atom. The fraction of sp³-hybridized carbons (Fsp3) is 0.417. The van der Waals surface area contributed by atoms with Crippen molar-refractivity contribution in [2.75, 3.05) is 19.4 Å². The number of carbonyl (C=O) groups is 1. The quantitative estimate of drug-likeness (QED) is 0.537. The van der Waals surface area contributed by atoms with Crippen LogP contribution in [-0.4, -0.2) is 28.1 Å². The molecule has 0 aliphatic carbocycles. The molecular formula is C12H19N3O4S. The Bertz CT molecular complexity index is 572. The molecule has 0 fully saturated rings.